The maximum absolute atomic E-state index is 5.74. The topological polar surface area (TPSA) is 44.2 Å². The molecule has 0 radical (unpaired) electrons. The summed E-state index contributed by atoms with van der Waals surface area (Å²) in [6.07, 6.45) is 1.49. The molecule has 0 N–H and O–H groups in total. The van der Waals surface area contributed by atoms with Crippen LogP contribution in [0.25, 0.3) is 11.0 Å². The molecule has 78 valence electrons. The van der Waals surface area contributed by atoms with Crippen LogP contribution in [0, 0.1) is 0 Å². The smallest absolute Gasteiger partial charge is 0.166 e. The average molecular weight is 243 g/mol. The molecule has 0 saturated heterocycles. The van der Waals surface area contributed by atoms with E-state index >= 15 is 0 Å². The third-order valence-electron chi connectivity index (χ3n) is 1.93. The summed E-state index contributed by atoms with van der Waals surface area (Å²) >= 11 is 5.74. The van der Waals surface area contributed by atoms with Crippen LogP contribution in [0.15, 0.2) is 18.3 Å². The summed E-state index contributed by atoms with van der Waals surface area (Å²) in [5, 5.41) is 0.349. The fourth-order valence-corrected chi connectivity index (χ4v) is 1.57. The molecule has 1 heterocycles. The van der Waals surface area contributed by atoms with Gasteiger partial charge in [0.05, 0.1) is 33.8 Å². The Labute approximate surface area is 93.9 Å². The van der Waals surface area contributed by atoms with Crippen LogP contribution in [0.4, 0.5) is 0 Å². The first-order valence-electron chi connectivity index (χ1n) is 4.11. The number of hydrogen-bond donors (Lipinski definition) is 0. The van der Waals surface area contributed by atoms with Crippen LogP contribution < -0.4 is 9.26 Å². The van der Waals surface area contributed by atoms with Crippen LogP contribution in [0.2, 0.25) is 5.15 Å². The highest BCUT2D eigenvalue weighted by Crippen LogP contribution is 2.32. The third kappa shape index (κ3) is 1.96. The highest BCUT2D eigenvalue weighted by Gasteiger charge is 2.07. The predicted octanol–water partition coefficient (Wildman–Crippen LogP) is 2.46. The first-order valence-corrected chi connectivity index (χ1v) is 4.96. The molecular weight excluding hydrogens is 235 g/mol. The lowest BCUT2D eigenvalue weighted by Crippen LogP contribution is -1.90. The highest BCUT2D eigenvalue weighted by atomic mass is 35.5. The van der Waals surface area contributed by atoms with Crippen molar-refractivity contribution in [1.82, 2.24) is 9.97 Å². The summed E-state index contributed by atoms with van der Waals surface area (Å²) in [5.74, 6) is 1.18. The summed E-state index contributed by atoms with van der Waals surface area (Å²) < 4.78 is 10.2. The monoisotopic (exact) mass is 242 g/mol. The molecule has 0 aliphatic heterocycles. The molecule has 1 aromatic heterocycles. The zero-order valence-corrected chi connectivity index (χ0v) is 9.81. The first kappa shape index (κ1) is 10.4. The van der Waals surface area contributed by atoms with Gasteiger partial charge in [-0.3, -0.25) is 4.98 Å². The largest absolute Gasteiger partial charge is 0.493 e. The number of fused-ring (bicyclic) bond motifs is 1. The Balaban J connectivity index is 2.69. The number of nitrogens with zero attached hydrogens (tertiary/aromatic N) is 2. The van der Waals surface area contributed by atoms with Crippen LogP contribution in [-0.4, -0.2) is 17.1 Å². The number of methoxy groups -OCH3 is 1. The lowest BCUT2D eigenvalue weighted by Gasteiger charge is -2.07. The van der Waals surface area contributed by atoms with Gasteiger partial charge in [-0.2, -0.15) is 0 Å². The summed E-state index contributed by atoms with van der Waals surface area (Å²) in [5.41, 5.74) is 1.38. The fourth-order valence-electron chi connectivity index (χ4n) is 1.25. The van der Waals surface area contributed by atoms with E-state index in [9.17, 15) is 0 Å². The van der Waals surface area contributed by atoms with Gasteiger partial charge in [0.1, 0.15) is 5.15 Å². The normalized spacial score (nSPS) is 10.3. The molecule has 15 heavy (non-hydrogen) atoms. The van der Waals surface area contributed by atoms with Crippen molar-refractivity contribution >= 4 is 32.1 Å². The first-order chi connectivity index (χ1) is 7.24. The number of hydrogen-bond acceptors (Lipinski definition) is 4. The van der Waals surface area contributed by atoms with Gasteiger partial charge in [0, 0.05) is 12.1 Å². The van der Waals surface area contributed by atoms with Crippen molar-refractivity contribution in [3.05, 3.63) is 23.5 Å². The summed E-state index contributed by atoms with van der Waals surface area (Å²) in [6, 6.07) is 3.47. The Morgan fingerprint density at radius 1 is 1.27 bits per heavy atom. The molecule has 4 nitrogen and oxygen atoms in total. The number of ether oxygens (including phenoxy) is 1. The third-order valence-corrected chi connectivity index (χ3v) is 2.36. The van der Waals surface area contributed by atoms with Crippen molar-refractivity contribution in [2.24, 2.45) is 0 Å². The molecule has 0 saturated carbocycles. The van der Waals surface area contributed by atoms with Crippen LogP contribution in [0.3, 0.4) is 0 Å². The quantitative estimate of drug-likeness (QED) is 0.759. The van der Waals surface area contributed by atoms with Crippen LogP contribution >= 0.6 is 21.1 Å². The van der Waals surface area contributed by atoms with Gasteiger partial charge in [-0.05, 0) is 0 Å². The Bertz CT molecular complexity index is 507. The zero-order valence-electron chi connectivity index (χ0n) is 7.90. The van der Waals surface area contributed by atoms with Crippen molar-refractivity contribution < 1.29 is 9.26 Å². The van der Waals surface area contributed by atoms with E-state index in [0.29, 0.717) is 27.7 Å². The van der Waals surface area contributed by atoms with Crippen molar-refractivity contribution in [2.75, 3.05) is 7.11 Å². The van der Waals surface area contributed by atoms with E-state index in [-0.39, 0.29) is 0 Å². The van der Waals surface area contributed by atoms with Crippen molar-refractivity contribution in [2.45, 2.75) is 0 Å². The van der Waals surface area contributed by atoms with Crippen LogP contribution in [0.1, 0.15) is 0 Å². The number of halogens is 1. The SMILES string of the molecule is COc1cc2ncc(Cl)nc2cc1OP. The second-order valence-corrected chi connectivity index (χ2v) is 3.43. The molecule has 6 heteroatoms. The predicted molar refractivity (Wildman–Crippen MR) is 61.4 cm³/mol. The molecule has 0 amide bonds. The second-order valence-electron chi connectivity index (χ2n) is 2.80. The van der Waals surface area contributed by atoms with Crippen molar-refractivity contribution in [1.29, 1.82) is 0 Å². The molecule has 2 rings (SSSR count). The van der Waals surface area contributed by atoms with E-state index in [1.807, 2.05) is 0 Å². The van der Waals surface area contributed by atoms with Gasteiger partial charge >= 0.3 is 0 Å². The van der Waals surface area contributed by atoms with Crippen LogP contribution in [-0.2, 0) is 0 Å². The molecule has 1 aromatic carbocycles. The summed E-state index contributed by atoms with van der Waals surface area (Å²) in [4.78, 5) is 8.25. The van der Waals surface area contributed by atoms with Gasteiger partial charge in [0.2, 0.25) is 0 Å². The van der Waals surface area contributed by atoms with E-state index in [0.717, 1.165) is 0 Å². The maximum atomic E-state index is 5.74. The van der Waals surface area contributed by atoms with E-state index in [4.69, 9.17) is 20.9 Å². The van der Waals surface area contributed by atoms with E-state index in [1.54, 1.807) is 19.2 Å². The van der Waals surface area contributed by atoms with E-state index in [2.05, 4.69) is 19.4 Å². The maximum Gasteiger partial charge on any atom is 0.166 e. The second kappa shape index (κ2) is 4.17. The summed E-state index contributed by atoms with van der Waals surface area (Å²) in [6.45, 7) is 0. The lowest BCUT2D eigenvalue weighted by atomic mass is 10.2. The Morgan fingerprint density at radius 2 is 2.00 bits per heavy atom. The van der Waals surface area contributed by atoms with Gasteiger partial charge in [-0.25, -0.2) is 4.98 Å². The summed E-state index contributed by atoms with van der Waals surface area (Å²) in [7, 11) is 3.73. The van der Waals surface area contributed by atoms with Gasteiger partial charge in [0.15, 0.2) is 11.5 Å². The minimum Gasteiger partial charge on any atom is -0.493 e. The van der Waals surface area contributed by atoms with Gasteiger partial charge in [0.25, 0.3) is 0 Å². The molecule has 0 spiro atoms. The zero-order chi connectivity index (χ0) is 10.8. The Morgan fingerprint density at radius 3 is 2.67 bits per heavy atom. The van der Waals surface area contributed by atoms with E-state index in [1.165, 1.54) is 6.20 Å². The number of rotatable bonds is 2. The molecule has 0 aliphatic rings. The van der Waals surface area contributed by atoms with E-state index < -0.39 is 0 Å². The van der Waals surface area contributed by atoms with Gasteiger partial charge < -0.3 is 9.26 Å². The van der Waals surface area contributed by atoms with Gasteiger partial charge in [-0.15, -0.1) is 0 Å². The molecule has 0 aliphatic carbocycles. The van der Waals surface area contributed by atoms with Crippen molar-refractivity contribution in [3.8, 4) is 11.5 Å². The van der Waals surface area contributed by atoms with Crippen LogP contribution in [0.5, 0.6) is 11.5 Å². The molecule has 0 bridgehead atoms. The molecule has 1 unspecified atom stereocenters. The molecule has 0 fully saturated rings. The molecular formula is C9H8ClN2O2P. The number of aromatic nitrogens is 2. The van der Waals surface area contributed by atoms with Gasteiger partial charge in [-0.1, -0.05) is 11.6 Å². The minimum atomic E-state index is 0.349. The Hall–Kier alpha value is -1.12. The number of benzene rings is 1. The van der Waals surface area contributed by atoms with Crippen molar-refractivity contribution in [3.63, 3.8) is 0 Å². The highest BCUT2D eigenvalue weighted by molar-refractivity contribution is 7.10. The molecule has 2 aromatic rings. The average Bonchev–Trinajstić information content (AvgIpc) is 2.27. The standard InChI is InChI=1S/C9H8ClN2O2P/c1-13-7-2-5-6(3-8(7)14-15)12-9(10)4-11-5/h2-4H,15H2,1H3. The Kier molecular flexibility index (Phi) is 2.89. The minimum absolute atomic E-state index is 0.349. The molecule has 1 atom stereocenters. The lowest BCUT2D eigenvalue weighted by molar-refractivity contribution is 0.400. The fraction of sp³-hybridized carbons (Fsp3) is 0.111.